The van der Waals surface area contributed by atoms with Crippen LogP contribution in [-0.4, -0.2) is 24.0 Å². The number of ketones is 1. The molecule has 0 spiro atoms. The Morgan fingerprint density at radius 1 is 1.09 bits per heavy atom. The molecule has 3 N–H and O–H groups in total. The molecule has 0 aliphatic carbocycles. The largest absolute Gasteiger partial charge is 0.507 e. The molecule has 22 heavy (non-hydrogen) atoms. The number of hydrogen-bond acceptors (Lipinski definition) is 4. The molecule has 6 heteroatoms. The average Bonchev–Trinajstić information content (AvgIpc) is 2.49. The Labute approximate surface area is 127 Å². The normalized spacial score (nSPS) is 9.91. The number of ether oxygens (including phenoxy) is 1. The summed E-state index contributed by atoms with van der Waals surface area (Å²) >= 11 is 0. The van der Waals surface area contributed by atoms with Gasteiger partial charge in [0.2, 0.25) is 0 Å². The predicted molar refractivity (Wildman–Crippen MR) is 83.7 cm³/mol. The van der Waals surface area contributed by atoms with Gasteiger partial charge in [0.1, 0.15) is 11.5 Å². The Balaban J connectivity index is 2.22. The molecule has 0 atom stereocenters. The molecular weight excluding hydrogens is 284 g/mol. The highest BCUT2D eigenvalue weighted by Crippen LogP contribution is 2.32. The lowest BCUT2D eigenvalue weighted by Gasteiger charge is -2.13. The van der Waals surface area contributed by atoms with E-state index < -0.39 is 6.03 Å². The summed E-state index contributed by atoms with van der Waals surface area (Å²) in [6.07, 6.45) is 0. The third-order valence-corrected chi connectivity index (χ3v) is 2.98. The average molecular weight is 300 g/mol. The second-order valence-electron chi connectivity index (χ2n) is 4.57. The van der Waals surface area contributed by atoms with Gasteiger partial charge in [0, 0.05) is 11.8 Å². The number of Topliss-reactive ketones (excluding diaryl/α,β-unsaturated/α-hetero) is 1. The van der Waals surface area contributed by atoms with Gasteiger partial charge >= 0.3 is 6.03 Å². The molecule has 6 nitrogen and oxygen atoms in total. The molecule has 0 saturated heterocycles. The summed E-state index contributed by atoms with van der Waals surface area (Å²) in [6, 6.07) is 11.1. The van der Waals surface area contributed by atoms with E-state index in [0.717, 1.165) is 0 Å². The zero-order chi connectivity index (χ0) is 16.1. The number of carbonyl (C=O) groups is 2. The Bertz CT molecular complexity index is 699. The number of carbonyl (C=O) groups excluding carboxylic acids is 2. The Hall–Kier alpha value is -3.02. The van der Waals surface area contributed by atoms with Crippen LogP contribution in [0.15, 0.2) is 42.5 Å². The van der Waals surface area contributed by atoms with Crippen LogP contribution in [-0.2, 0) is 0 Å². The summed E-state index contributed by atoms with van der Waals surface area (Å²) in [6.45, 7) is 1.33. The number of para-hydroxylation sites is 1. The highest BCUT2D eigenvalue weighted by molar-refractivity contribution is 6.03. The minimum atomic E-state index is -0.482. The number of aromatic hydroxyl groups is 1. The number of anilines is 2. The Morgan fingerprint density at radius 3 is 2.36 bits per heavy atom. The molecule has 0 aliphatic rings. The number of phenols is 1. The molecule has 2 aromatic rings. The number of amides is 2. The highest BCUT2D eigenvalue weighted by Gasteiger charge is 2.15. The minimum absolute atomic E-state index is 0.107. The summed E-state index contributed by atoms with van der Waals surface area (Å²) in [7, 11) is 1.41. The predicted octanol–water partition coefficient (Wildman–Crippen LogP) is 3.25. The van der Waals surface area contributed by atoms with Gasteiger partial charge in [-0.1, -0.05) is 18.2 Å². The minimum Gasteiger partial charge on any atom is -0.507 e. The molecule has 0 radical (unpaired) electrons. The summed E-state index contributed by atoms with van der Waals surface area (Å²) in [5, 5.41) is 15.0. The van der Waals surface area contributed by atoms with Gasteiger partial charge in [0.05, 0.1) is 18.4 Å². The van der Waals surface area contributed by atoms with E-state index in [1.165, 1.54) is 26.2 Å². The van der Waals surface area contributed by atoms with Crippen molar-refractivity contribution < 1.29 is 19.4 Å². The van der Waals surface area contributed by atoms with E-state index in [2.05, 4.69) is 10.6 Å². The lowest BCUT2D eigenvalue weighted by atomic mass is 10.1. The topological polar surface area (TPSA) is 87.7 Å². The molecule has 2 rings (SSSR count). The van der Waals surface area contributed by atoms with Gasteiger partial charge in [-0.25, -0.2) is 4.79 Å². The first kappa shape index (κ1) is 15.4. The zero-order valence-corrected chi connectivity index (χ0v) is 12.2. The maximum absolute atomic E-state index is 12.0. The lowest BCUT2D eigenvalue weighted by Crippen LogP contribution is -2.20. The lowest BCUT2D eigenvalue weighted by molar-refractivity contribution is 0.101. The van der Waals surface area contributed by atoms with Gasteiger partial charge < -0.3 is 20.5 Å². The van der Waals surface area contributed by atoms with Crippen LogP contribution in [0.1, 0.15) is 17.3 Å². The van der Waals surface area contributed by atoms with E-state index in [1.807, 2.05) is 6.07 Å². The van der Waals surface area contributed by atoms with Crippen LogP contribution in [0.4, 0.5) is 16.2 Å². The maximum atomic E-state index is 12.0. The molecule has 0 aliphatic heterocycles. The van der Waals surface area contributed by atoms with Crippen LogP contribution in [0.2, 0.25) is 0 Å². The van der Waals surface area contributed by atoms with E-state index >= 15 is 0 Å². The number of rotatable bonds is 4. The molecule has 0 heterocycles. The first-order valence-electron chi connectivity index (χ1n) is 6.56. The molecular formula is C16H16N2O4. The van der Waals surface area contributed by atoms with Crippen molar-refractivity contribution in [1.82, 2.24) is 0 Å². The standard InChI is InChI=1S/C16H16N2O4/c1-10(19)12-8-13(15(22-2)9-14(12)20)18-16(21)17-11-6-4-3-5-7-11/h3-9,20H,1-2H3,(H2,17,18,21). The van der Waals surface area contributed by atoms with Crippen molar-refractivity contribution >= 4 is 23.2 Å². The number of benzene rings is 2. The summed E-state index contributed by atoms with van der Waals surface area (Å²) in [4.78, 5) is 23.5. The molecule has 2 aromatic carbocycles. The number of methoxy groups -OCH3 is 1. The van der Waals surface area contributed by atoms with E-state index in [9.17, 15) is 14.7 Å². The fraction of sp³-hybridized carbons (Fsp3) is 0.125. The van der Waals surface area contributed by atoms with Crippen molar-refractivity contribution in [3.05, 3.63) is 48.0 Å². The van der Waals surface area contributed by atoms with Gasteiger partial charge in [-0.2, -0.15) is 0 Å². The van der Waals surface area contributed by atoms with Crippen LogP contribution >= 0.6 is 0 Å². The molecule has 2 amide bonds. The Morgan fingerprint density at radius 2 is 1.77 bits per heavy atom. The number of urea groups is 1. The van der Waals surface area contributed by atoms with E-state index in [1.54, 1.807) is 24.3 Å². The maximum Gasteiger partial charge on any atom is 0.323 e. The molecule has 0 unspecified atom stereocenters. The van der Waals surface area contributed by atoms with Crippen LogP contribution < -0.4 is 15.4 Å². The van der Waals surface area contributed by atoms with Crippen molar-refractivity contribution in [2.45, 2.75) is 6.92 Å². The second-order valence-corrected chi connectivity index (χ2v) is 4.57. The van der Waals surface area contributed by atoms with Gasteiger partial charge in [-0.05, 0) is 25.1 Å². The quantitative estimate of drug-likeness (QED) is 0.597. The fourth-order valence-corrected chi connectivity index (χ4v) is 1.92. The monoisotopic (exact) mass is 300 g/mol. The summed E-state index contributed by atoms with van der Waals surface area (Å²) in [5.41, 5.74) is 1.03. The van der Waals surface area contributed by atoms with E-state index in [-0.39, 0.29) is 22.8 Å². The molecule has 0 fully saturated rings. The van der Waals surface area contributed by atoms with E-state index in [0.29, 0.717) is 11.4 Å². The number of phenolic OH excluding ortho intramolecular Hbond substituents is 1. The second kappa shape index (κ2) is 6.62. The van der Waals surface area contributed by atoms with Crippen molar-refractivity contribution in [3.63, 3.8) is 0 Å². The fourth-order valence-electron chi connectivity index (χ4n) is 1.92. The van der Waals surface area contributed by atoms with Crippen LogP contribution in [0.5, 0.6) is 11.5 Å². The van der Waals surface area contributed by atoms with Gasteiger partial charge in [-0.15, -0.1) is 0 Å². The van der Waals surface area contributed by atoms with Crippen molar-refractivity contribution in [2.24, 2.45) is 0 Å². The van der Waals surface area contributed by atoms with Crippen molar-refractivity contribution in [1.29, 1.82) is 0 Å². The molecule has 0 bridgehead atoms. The number of hydrogen-bond donors (Lipinski definition) is 3. The van der Waals surface area contributed by atoms with Gasteiger partial charge in [0.25, 0.3) is 0 Å². The number of nitrogens with one attached hydrogen (secondary N) is 2. The SMILES string of the molecule is COc1cc(O)c(C(C)=O)cc1NC(=O)Nc1ccccc1. The van der Waals surface area contributed by atoms with Gasteiger partial charge in [0.15, 0.2) is 5.78 Å². The third kappa shape index (κ3) is 3.54. The van der Waals surface area contributed by atoms with Crippen molar-refractivity contribution in [3.8, 4) is 11.5 Å². The van der Waals surface area contributed by atoms with Crippen LogP contribution in [0.25, 0.3) is 0 Å². The van der Waals surface area contributed by atoms with Gasteiger partial charge in [-0.3, -0.25) is 4.79 Å². The zero-order valence-electron chi connectivity index (χ0n) is 12.2. The highest BCUT2D eigenvalue weighted by atomic mass is 16.5. The third-order valence-electron chi connectivity index (χ3n) is 2.98. The smallest absolute Gasteiger partial charge is 0.323 e. The van der Waals surface area contributed by atoms with Crippen LogP contribution in [0, 0.1) is 0 Å². The van der Waals surface area contributed by atoms with E-state index in [4.69, 9.17) is 4.74 Å². The van der Waals surface area contributed by atoms with Crippen molar-refractivity contribution in [2.75, 3.05) is 17.7 Å². The molecule has 0 saturated carbocycles. The molecule has 0 aromatic heterocycles. The van der Waals surface area contributed by atoms with Crippen LogP contribution in [0.3, 0.4) is 0 Å². The Kier molecular flexibility index (Phi) is 4.63. The first-order chi connectivity index (χ1) is 10.5. The summed E-state index contributed by atoms with van der Waals surface area (Å²) in [5.74, 6) is -0.254. The molecule has 114 valence electrons. The summed E-state index contributed by atoms with van der Waals surface area (Å²) < 4.78 is 5.10. The first-order valence-corrected chi connectivity index (χ1v) is 6.56.